The smallest absolute Gasteiger partial charge is 0.230 e. The van der Waals surface area contributed by atoms with Crippen LogP contribution in [-0.2, 0) is 11.2 Å². The minimum absolute atomic E-state index is 0.0684. The molecule has 1 aromatic heterocycles. The number of hydrogen-bond donors (Lipinski definition) is 1. The van der Waals surface area contributed by atoms with Crippen LogP contribution in [0.4, 0.5) is 11.6 Å². The van der Waals surface area contributed by atoms with Crippen LogP contribution in [0.1, 0.15) is 36.8 Å². The number of nitrogens with zero attached hydrogens (tertiary/aromatic N) is 3. The van der Waals surface area contributed by atoms with E-state index in [0.29, 0.717) is 12.2 Å². The third-order valence-corrected chi connectivity index (χ3v) is 4.46. The Morgan fingerprint density at radius 1 is 1.04 bits per heavy atom. The number of carbonyl (C=O) groups is 1. The molecule has 0 radical (unpaired) electrons. The summed E-state index contributed by atoms with van der Waals surface area (Å²) in [5.74, 6) is 1.34. The zero-order valence-corrected chi connectivity index (χ0v) is 14.2. The second-order valence-electron chi connectivity index (χ2n) is 6.33. The summed E-state index contributed by atoms with van der Waals surface area (Å²) in [5.41, 5.74) is 2.15. The van der Waals surface area contributed by atoms with E-state index in [0.717, 1.165) is 30.0 Å². The van der Waals surface area contributed by atoms with Crippen molar-refractivity contribution in [3.05, 3.63) is 47.5 Å². The van der Waals surface area contributed by atoms with Crippen molar-refractivity contribution < 1.29 is 4.79 Å². The first kappa shape index (κ1) is 16.4. The molecule has 1 aliphatic heterocycles. The predicted octanol–water partition coefficient (Wildman–Crippen LogP) is 3.35. The quantitative estimate of drug-likeness (QED) is 0.937. The highest BCUT2D eigenvalue weighted by Gasteiger charge is 2.12. The Labute approximate surface area is 143 Å². The van der Waals surface area contributed by atoms with E-state index in [1.807, 2.05) is 43.3 Å². The van der Waals surface area contributed by atoms with Crippen molar-refractivity contribution in [2.75, 3.05) is 23.3 Å². The monoisotopic (exact) mass is 324 g/mol. The Morgan fingerprint density at radius 2 is 1.79 bits per heavy atom. The van der Waals surface area contributed by atoms with E-state index in [2.05, 4.69) is 20.4 Å². The number of hydrogen-bond acceptors (Lipinski definition) is 4. The zero-order valence-electron chi connectivity index (χ0n) is 14.2. The van der Waals surface area contributed by atoms with Crippen LogP contribution in [0.3, 0.4) is 0 Å². The summed E-state index contributed by atoms with van der Waals surface area (Å²) in [4.78, 5) is 14.5. The fourth-order valence-electron chi connectivity index (χ4n) is 3.03. The summed E-state index contributed by atoms with van der Waals surface area (Å²) >= 11 is 0. The van der Waals surface area contributed by atoms with E-state index >= 15 is 0 Å². The lowest BCUT2D eigenvalue weighted by molar-refractivity contribution is -0.115. The molecule has 0 aliphatic carbocycles. The predicted molar refractivity (Wildman–Crippen MR) is 96.2 cm³/mol. The van der Waals surface area contributed by atoms with Gasteiger partial charge < -0.3 is 10.2 Å². The molecule has 0 atom stereocenters. The molecule has 1 saturated heterocycles. The molecule has 1 aliphatic rings. The average molecular weight is 324 g/mol. The molecule has 1 N–H and O–H groups in total. The Balaban J connectivity index is 1.59. The Kier molecular flexibility index (Phi) is 5.41. The highest BCUT2D eigenvalue weighted by Crippen LogP contribution is 2.17. The van der Waals surface area contributed by atoms with Crippen molar-refractivity contribution in [3.8, 4) is 0 Å². The topological polar surface area (TPSA) is 58.1 Å². The molecular formula is C19H24N4O. The van der Waals surface area contributed by atoms with Crippen LogP contribution in [0.15, 0.2) is 36.4 Å². The second-order valence-corrected chi connectivity index (χ2v) is 6.33. The molecule has 5 nitrogen and oxygen atoms in total. The molecule has 1 amide bonds. The molecule has 1 fully saturated rings. The molecular weight excluding hydrogens is 300 g/mol. The number of aryl methyl sites for hydroxylation is 1. The van der Waals surface area contributed by atoms with E-state index in [1.165, 1.54) is 25.7 Å². The lowest BCUT2D eigenvalue weighted by atomic mass is 10.1. The van der Waals surface area contributed by atoms with Gasteiger partial charge in [0.1, 0.15) is 0 Å². The summed E-state index contributed by atoms with van der Waals surface area (Å²) in [6, 6.07) is 11.7. The minimum Gasteiger partial charge on any atom is -0.355 e. The van der Waals surface area contributed by atoms with Crippen molar-refractivity contribution in [1.82, 2.24) is 10.2 Å². The molecule has 24 heavy (non-hydrogen) atoms. The number of benzene rings is 1. The van der Waals surface area contributed by atoms with Crippen molar-refractivity contribution in [2.24, 2.45) is 0 Å². The van der Waals surface area contributed by atoms with Gasteiger partial charge in [0, 0.05) is 13.1 Å². The Bertz CT molecular complexity index is 676. The van der Waals surface area contributed by atoms with Crippen LogP contribution in [0.5, 0.6) is 0 Å². The largest absolute Gasteiger partial charge is 0.355 e. The van der Waals surface area contributed by atoms with Gasteiger partial charge in [-0.1, -0.05) is 37.1 Å². The summed E-state index contributed by atoms with van der Waals surface area (Å²) in [5, 5.41) is 11.3. The van der Waals surface area contributed by atoms with Gasteiger partial charge in [-0.2, -0.15) is 0 Å². The van der Waals surface area contributed by atoms with E-state index in [9.17, 15) is 4.79 Å². The molecule has 2 aromatic rings. The van der Waals surface area contributed by atoms with E-state index in [4.69, 9.17) is 0 Å². The van der Waals surface area contributed by atoms with Crippen LogP contribution < -0.4 is 10.2 Å². The summed E-state index contributed by atoms with van der Waals surface area (Å²) < 4.78 is 0. The molecule has 3 rings (SSSR count). The van der Waals surface area contributed by atoms with Gasteiger partial charge in [0.2, 0.25) is 5.91 Å². The van der Waals surface area contributed by atoms with Gasteiger partial charge in [0.25, 0.3) is 0 Å². The van der Waals surface area contributed by atoms with Gasteiger partial charge in [-0.3, -0.25) is 4.79 Å². The maximum Gasteiger partial charge on any atom is 0.230 e. The molecule has 0 bridgehead atoms. The van der Waals surface area contributed by atoms with Crippen LogP contribution in [0, 0.1) is 6.92 Å². The fraction of sp³-hybridized carbons (Fsp3) is 0.421. The van der Waals surface area contributed by atoms with Crippen LogP contribution in [-0.4, -0.2) is 29.2 Å². The number of carbonyl (C=O) groups excluding carboxylic acids is 1. The third kappa shape index (κ3) is 4.31. The van der Waals surface area contributed by atoms with Gasteiger partial charge in [-0.05, 0) is 43.0 Å². The van der Waals surface area contributed by atoms with Gasteiger partial charge in [0.15, 0.2) is 11.6 Å². The summed E-state index contributed by atoms with van der Waals surface area (Å²) in [6.45, 7) is 4.08. The number of amides is 1. The summed E-state index contributed by atoms with van der Waals surface area (Å²) in [6.07, 6.45) is 5.34. The number of anilines is 2. The summed E-state index contributed by atoms with van der Waals surface area (Å²) in [7, 11) is 0. The van der Waals surface area contributed by atoms with E-state index in [1.54, 1.807) is 0 Å². The molecule has 1 aromatic carbocycles. The molecule has 0 saturated carbocycles. The van der Waals surface area contributed by atoms with Crippen LogP contribution >= 0.6 is 0 Å². The van der Waals surface area contributed by atoms with Gasteiger partial charge in [0.05, 0.1) is 6.42 Å². The van der Waals surface area contributed by atoms with Crippen LogP contribution in [0.2, 0.25) is 0 Å². The van der Waals surface area contributed by atoms with Gasteiger partial charge in [-0.25, -0.2) is 0 Å². The normalized spacial score (nSPS) is 15.0. The average Bonchev–Trinajstić information content (AvgIpc) is 2.87. The first-order valence-corrected chi connectivity index (χ1v) is 8.65. The first-order valence-electron chi connectivity index (χ1n) is 8.65. The van der Waals surface area contributed by atoms with Crippen molar-refractivity contribution in [1.29, 1.82) is 0 Å². The van der Waals surface area contributed by atoms with Crippen molar-refractivity contribution in [3.63, 3.8) is 0 Å². The second kappa shape index (κ2) is 7.90. The SMILES string of the molecule is Cc1ccccc1CC(=O)Nc1ccc(N2CCCCCC2)nn1. The highest BCUT2D eigenvalue weighted by atomic mass is 16.1. The fourth-order valence-corrected chi connectivity index (χ4v) is 3.03. The molecule has 0 unspecified atom stereocenters. The van der Waals surface area contributed by atoms with Crippen molar-refractivity contribution in [2.45, 2.75) is 39.0 Å². The Hall–Kier alpha value is -2.43. The zero-order chi connectivity index (χ0) is 16.8. The first-order chi connectivity index (χ1) is 11.7. The maximum atomic E-state index is 12.2. The van der Waals surface area contributed by atoms with Gasteiger partial charge in [-0.15, -0.1) is 10.2 Å². The third-order valence-electron chi connectivity index (χ3n) is 4.46. The number of rotatable bonds is 4. The minimum atomic E-state index is -0.0684. The highest BCUT2D eigenvalue weighted by molar-refractivity contribution is 5.91. The number of aromatic nitrogens is 2. The number of nitrogens with one attached hydrogen (secondary N) is 1. The van der Waals surface area contributed by atoms with Crippen LogP contribution in [0.25, 0.3) is 0 Å². The molecule has 126 valence electrons. The van der Waals surface area contributed by atoms with E-state index < -0.39 is 0 Å². The van der Waals surface area contributed by atoms with Crippen molar-refractivity contribution >= 4 is 17.5 Å². The van der Waals surface area contributed by atoms with E-state index in [-0.39, 0.29) is 5.91 Å². The molecule has 5 heteroatoms. The molecule has 2 heterocycles. The van der Waals surface area contributed by atoms with Gasteiger partial charge >= 0.3 is 0 Å². The lowest BCUT2D eigenvalue weighted by Crippen LogP contribution is -2.25. The standard InChI is InChI=1S/C19H24N4O/c1-15-8-4-5-9-16(15)14-19(24)20-17-10-11-18(22-21-17)23-12-6-2-3-7-13-23/h4-5,8-11H,2-3,6-7,12-14H2,1H3,(H,20,21,24). The molecule has 0 spiro atoms. The Morgan fingerprint density at radius 3 is 2.46 bits per heavy atom. The lowest BCUT2D eigenvalue weighted by Gasteiger charge is -2.20. The maximum absolute atomic E-state index is 12.2.